The second-order valence-electron chi connectivity index (χ2n) is 6.62. The summed E-state index contributed by atoms with van der Waals surface area (Å²) in [5, 5.41) is 7.40. The van der Waals surface area contributed by atoms with E-state index in [1.807, 2.05) is 36.4 Å². The third-order valence-electron chi connectivity index (χ3n) is 4.49. The van der Waals surface area contributed by atoms with Crippen molar-refractivity contribution in [2.45, 2.75) is 13.2 Å². The molecule has 0 aliphatic rings. The minimum atomic E-state index is -2.91. The highest BCUT2D eigenvalue weighted by atomic mass is 19.3. The van der Waals surface area contributed by atoms with Gasteiger partial charge in [0, 0.05) is 30.7 Å². The molecular formula is C23H18F2N4O2. The number of hydrogen-bond donors (Lipinski definition) is 1. The molecule has 31 heavy (non-hydrogen) atoms. The first-order chi connectivity index (χ1) is 15.1. The smallest absolute Gasteiger partial charge is 0.387 e. The molecule has 0 aliphatic heterocycles. The number of amides is 1. The lowest BCUT2D eigenvalue weighted by Gasteiger charge is -2.08. The Kier molecular flexibility index (Phi) is 5.98. The Morgan fingerprint density at radius 2 is 1.90 bits per heavy atom. The molecule has 156 valence electrons. The van der Waals surface area contributed by atoms with Crippen LogP contribution in [0.1, 0.15) is 15.9 Å². The number of rotatable bonds is 7. The van der Waals surface area contributed by atoms with Gasteiger partial charge in [-0.2, -0.15) is 13.9 Å². The van der Waals surface area contributed by atoms with Gasteiger partial charge in [-0.1, -0.05) is 30.3 Å². The lowest BCUT2D eigenvalue weighted by Crippen LogP contribution is -2.23. The van der Waals surface area contributed by atoms with Crippen molar-refractivity contribution in [3.63, 3.8) is 0 Å². The van der Waals surface area contributed by atoms with Gasteiger partial charge in [-0.05, 0) is 42.0 Å². The molecule has 0 saturated carbocycles. The summed E-state index contributed by atoms with van der Waals surface area (Å²) in [6.45, 7) is -2.77. The summed E-state index contributed by atoms with van der Waals surface area (Å²) in [5.41, 5.74) is 3.00. The van der Waals surface area contributed by atoms with E-state index in [-0.39, 0.29) is 18.2 Å². The quantitative estimate of drug-likeness (QED) is 0.479. The Bertz CT molecular complexity index is 1160. The molecule has 0 aliphatic carbocycles. The number of ether oxygens (including phenoxy) is 1. The van der Waals surface area contributed by atoms with Crippen molar-refractivity contribution in [1.82, 2.24) is 20.1 Å². The van der Waals surface area contributed by atoms with Crippen molar-refractivity contribution in [3.8, 4) is 22.7 Å². The van der Waals surface area contributed by atoms with Gasteiger partial charge in [0.15, 0.2) is 0 Å². The summed E-state index contributed by atoms with van der Waals surface area (Å²) in [6.07, 6.45) is 4.94. The van der Waals surface area contributed by atoms with E-state index >= 15 is 0 Å². The number of alkyl halides is 2. The average Bonchev–Trinajstić information content (AvgIpc) is 3.24. The lowest BCUT2D eigenvalue weighted by molar-refractivity contribution is -0.0498. The standard InChI is InChI=1S/C23H18F2N4O2/c24-23(25)31-19-10-4-6-16(12-19)13-27-22(30)20-15-29(18-8-2-1-3-9-18)28-21(20)17-7-5-11-26-14-17/h1-12,14-15,23H,13H2,(H,27,30). The van der Waals surface area contributed by atoms with Crippen LogP contribution in [0.25, 0.3) is 16.9 Å². The molecule has 0 saturated heterocycles. The molecule has 0 fully saturated rings. The number of carbonyl (C=O) groups is 1. The fourth-order valence-corrected chi connectivity index (χ4v) is 3.08. The van der Waals surface area contributed by atoms with Crippen molar-refractivity contribution in [2.75, 3.05) is 0 Å². The molecule has 4 rings (SSSR count). The number of para-hydroxylation sites is 1. The predicted molar refractivity (Wildman–Crippen MR) is 111 cm³/mol. The Morgan fingerprint density at radius 3 is 2.65 bits per heavy atom. The second kappa shape index (κ2) is 9.17. The van der Waals surface area contributed by atoms with Crippen LogP contribution in [0.2, 0.25) is 0 Å². The van der Waals surface area contributed by atoms with E-state index in [1.165, 1.54) is 12.1 Å². The summed E-state index contributed by atoms with van der Waals surface area (Å²) >= 11 is 0. The molecule has 0 atom stereocenters. The molecule has 6 nitrogen and oxygen atoms in total. The molecule has 0 radical (unpaired) electrons. The SMILES string of the molecule is O=C(NCc1cccc(OC(F)F)c1)c1cn(-c2ccccc2)nc1-c1cccnc1. The fourth-order valence-electron chi connectivity index (χ4n) is 3.08. The highest BCUT2D eigenvalue weighted by Crippen LogP contribution is 2.23. The largest absolute Gasteiger partial charge is 0.435 e. The number of aromatic nitrogens is 3. The van der Waals surface area contributed by atoms with E-state index in [2.05, 4.69) is 20.1 Å². The lowest BCUT2D eigenvalue weighted by atomic mass is 10.1. The minimum Gasteiger partial charge on any atom is -0.435 e. The zero-order valence-corrected chi connectivity index (χ0v) is 16.3. The first-order valence-corrected chi connectivity index (χ1v) is 9.47. The first kappa shape index (κ1) is 20.2. The molecule has 1 amide bonds. The van der Waals surface area contributed by atoms with Crippen molar-refractivity contribution >= 4 is 5.91 Å². The highest BCUT2D eigenvalue weighted by Gasteiger charge is 2.19. The second-order valence-corrected chi connectivity index (χ2v) is 6.62. The summed E-state index contributed by atoms with van der Waals surface area (Å²) < 4.78 is 30.9. The monoisotopic (exact) mass is 420 g/mol. The van der Waals surface area contributed by atoms with Gasteiger partial charge < -0.3 is 10.1 Å². The number of nitrogens with one attached hydrogen (secondary N) is 1. The first-order valence-electron chi connectivity index (χ1n) is 9.47. The van der Waals surface area contributed by atoms with Gasteiger partial charge in [0.1, 0.15) is 11.4 Å². The number of benzene rings is 2. The molecule has 2 aromatic heterocycles. The van der Waals surface area contributed by atoms with Crippen LogP contribution in [0.5, 0.6) is 5.75 Å². The van der Waals surface area contributed by atoms with Crippen LogP contribution in [-0.2, 0) is 6.54 Å². The number of halogens is 2. The number of hydrogen-bond acceptors (Lipinski definition) is 4. The molecule has 8 heteroatoms. The van der Waals surface area contributed by atoms with Crippen LogP contribution in [0.4, 0.5) is 8.78 Å². The van der Waals surface area contributed by atoms with Crippen LogP contribution in [0.15, 0.2) is 85.3 Å². The number of pyridine rings is 1. The molecular weight excluding hydrogens is 402 g/mol. The van der Waals surface area contributed by atoms with Gasteiger partial charge >= 0.3 is 6.61 Å². The number of carbonyl (C=O) groups excluding carboxylic acids is 1. The summed E-state index contributed by atoms with van der Waals surface area (Å²) in [6, 6.07) is 19.2. The van der Waals surface area contributed by atoms with Crippen LogP contribution in [0, 0.1) is 0 Å². The van der Waals surface area contributed by atoms with E-state index in [1.54, 1.807) is 41.5 Å². The zero-order chi connectivity index (χ0) is 21.6. The Balaban J connectivity index is 1.59. The average molecular weight is 420 g/mol. The van der Waals surface area contributed by atoms with Crippen LogP contribution < -0.4 is 10.1 Å². The van der Waals surface area contributed by atoms with E-state index < -0.39 is 6.61 Å². The van der Waals surface area contributed by atoms with Crippen LogP contribution >= 0.6 is 0 Å². The maximum atomic E-state index is 13.0. The summed E-state index contributed by atoms with van der Waals surface area (Å²) in [7, 11) is 0. The summed E-state index contributed by atoms with van der Waals surface area (Å²) in [4.78, 5) is 17.1. The normalized spacial score (nSPS) is 10.8. The van der Waals surface area contributed by atoms with Crippen molar-refractivity contribution < 1.29 is 18.3 Å². The van der Waals surface area contributed by atoms with E-state index in [0.29, 0.717) is 22.4 Å². The van der Waals surface area contributed by atoms with Gasteiger partial charge in [0.25, 0.3) is 5.91 Å². The van der Waals surface area contributed by atoms with Gasteiger partial charge in [0.2, 0.25) is 0 Å². The van der Waals surface area contributed by atoms with Crippen LogP contribution in [-0.4, -0.2) is 27.3 Å². The van der Waals surface area contributed by atoms with E-state index in [4.69, 9.17) is 0 Å². The molecule has 0 spiro atoms. The fraction of sp³-hybridized carbons (Fsp3) is 0.0870. The van der Waals surface area contributed by atoms with Gasteiger partial charge in [-0.3, -0.25) is 9.78 Å². The third kappa shape index (κ3) is 4.92. The van der Waals surface area contributed by atoms with Crippen molar-refractivity contribution in [2.24, 2.45) is 0 Å². The molecule has 1 N–H and O–H groups in total. The predicted octanol–water partition coefficient (Wildman–Crippen LogP) is 4.47. The van der Waals surface area contributed by atoms with E-state index in [0.717, 1.165) is 5.69 Å². The maximum absolute atomic E-state index is 13.0. The molecule has 0 bridgehead atoms. The number of nitrogens with zero attached hydrogens (tertiary/aromatic N) is 3. The van der Waals surface area contributed by atoms with Gasteiger partial charge in [-0.15, -0.1) is 0 Å². The molecule has 4 aromatic rings. The highest BCUT2D eigenvalue weighted by molar-refractivity contribution is 5.99. The maximum Gasteiger partial charge on any atom is 0.387 e. The van der Waals surface area contributed by atoms with Crippen molar-refractivity contribution in [3.05, 3.63) is 96.4 Å². The van der Waals surface area contributed by atoms with Crippen LogP contribution in [0.3, 0.4) is 0 Å². The Labute approximate surface area is 177 Å². The minimum absolute atomic E-state index is 0.0368. The van der Waals surface area contributed by atoms with Gasteiger partial charge in [-0.25, -0.2) is 4.68 Å². The third-order valence-corrected chi connectivity index (χ3v) is 4.49. The van der Waals surface area contributed by atoms with E-state index in [9.17, 15) is 13.6 Å². The van der Waals surface area contributed by atoms with Gasteiger partial charge in [0.05, 0.1) is 11.3 Å². The molecule has 0 unspecified atom stereocenters. The topological polar surface area (TPSA) is 69.0 Å². The Hall–Kier alpha value is -4.07. The summed E-state index contributed by atoms with van der Waals surface area (Å²) in [5.74, 6) is -0.309. The molecule has 2 aromatic carbocycles. The molecule has 2 heterocycles. The van der Waals surface area contributed by atoms with Crippen molar-refractivity contribution in [1.29, 1.82) is 0 Å². The Morgan fingerprint density at radius 1 is 1.06 bits per heavy atom. The zero-order valence-electron chi connectivity index (χ0n) is 16.3.